The summed E-state index contributed by atoms with van der Waals surface area (Å²) in [4.78, 5) is 29.3. The van der Waals surface area contributed by atoms with Gasteiger partial charge in [0.15, 0.2) is 0 Å². The van der Waals surface area contributed by atoms with Gasteiger partial charge in [-0.25, -0.2) is 4.98 Å². The van der Waals surface area contributed by atoms with Crippen molar-refractivity contribution in [3.63, 3.8) is 0 Å². The summed E-state index contributed by atoms with van der Waals surface area (Å²) < 4.78 is 6.40. The molecule has 118 valence electrons. The second-order valence-electron chi connectivity index (χ2n) is 5.51. The molecule has 0 saturated heterocycles. The van der Waals surface area contributed by atoms with E-state index in [1.807, 2.05) is 13.8 Å². The van der Waals surface area contributed by atoms with Gasteiger partial charge in [0.25, 0.3) is 11.5 Å². The molecule has 1 N–H and O–H groups in total. The van der Waals surface area contributed by atoms with E-state index in [1.54, 1.807) is 31.4 Å². The Hall–Kier alpha value is -2.21. The monoisotopic (exact) mass is 303 g/mol. The lowest BCUT2D eigenvalue weighted by molar-refractivity contribution is 0.0929. The van der Waals surface area contributed by atoms with E-state index in [9.17, 15) is 9.59 Å². The zero-order valence-corrected chi connectivity index (χ0v) is 13.1. The summed E-state index contributed by atoms with van der Waals surface area (Å²) in [5, 5.41) is 3.30. The van der Waals surface area contributed by atoms with Gasteiger partial charge in [-0.05, 0) is 18.1 Å². The molecule has 0 bridgehead atoms. The van der Waals surface area contributed by atoms with Gasteiger partial charge in [0.05, 0.1) is 24.1 Å². The fourth-order valence-electron chi connectivity index (χ4n) is 2.11. The highest BCUT2D eigenvalue weighted by molar-refractivity contribution is 5.93. The molecule has 2 aromatic rings. The summed E-state index contributed by atoms with van der Waals surface area (Å²) in [7, 11) is 1.55. The summed E-state index contributed by atoms with van der Waals surface area (Å²) >= 11 is 0. The number of hydrogen-bond acceptors (Lipinski definition) is 4. The van der Waals surface area contributed by atoms with Crippen molar-refractivity contribution in [2.45, 2.75) is 20.4 Å². The minimum atomic E-state index is -0.340. The van der Waals surface area contributed by atoms with Crippen LogP contribution in [0.1, 0.15) is 24.5 Å². The quantitative estimate of drug-likeness (QED) is 0.876. The van der Waals surface area contributed by atoms with Crippen LogP contribution in [0.3, 0.4) is 0 Å². The number of para-hydroxylation sites is 1. The van der Waals surface area contributed by atoms with Gasteiger partial charge in [0.2, 0.25) is 5.82 Å². The average Bonchev–Trinajstić information content (AvgIpc) is 2.51. The molecule has 0 fully saturated rings. The van der Waals surface area contributed by atoms with Gasteiger partial charge in [-0.2, -0.15) is 0 Å². The van der Waals surface area contributed by atoms with Crippen LogP contribution < -0.4 is 10.9 Å². The second kappa shape index (κ2) is 7.17. The smallest absolute Gasteiger partial charge is 0.287 e. The molecule has 0 unspecified atom stereocenters. The summed E-state index contributed by atoms with van der Waals surface area (Å²) in [6, 6.07) is 7.02. The number of benzene rings is 1. The first kappa shape index (κ1) is 16.2. The van der Waals surface area contributed by atoms with Crippen molar-refractivity contribution in [1.29, 1.82) is 0 Å². The minimum Gasteiger partial charge on any atom is -0.383 e. The third kappa shape index (κ3) is 3.51. The van der Waals surface area contributed by atoms with Crippen molar-refractivity contribution in [1.82, 2.24) is 14.9 Å². The molecular formula is C16H21N3O3. The average molecular weight is 303 g/mol. The molecule has 0 aliphatic carbocycles. The lowest BCUT2D eigenvalue weighted by Crippen LogP contribution is -2.36. The van der Waals surface area contributed by atoms with Gasteiger partial charge in [0.1, 0.15) is 0 Å². The van der Waals surface area contributed by atoms with Crippen LogP contribution in [0.15, 0.2) is 29.1 Å². The summed E-state index contributed by atoms with van der Waals surface area (Å²) in [6.45, 7) is 5.17. The Morgan fingerprint density at radius 2 is 2.09 bits per heavy atom. The number of nitrogens with one attached hydrogen (secondary N) is 1. The number of ether oxygens (including phenoxy) is 1. The SMILES string of the molecule is COCCn1c(C(=O)NCC(C)C)nc2ccccc2c1=O. The number of hydrogen-bond donors (Lipinski definition) is 1. The number of fused-ring (bicyclic) bond motifs is 1. The van der Waals surface area contributed by atoms with Crippen LogP contribution >= 0.6 is 0 Å². The molecule has 6 nitrogen and oxygen atoms in total. The van der Waals surface area contributed by atoms with Gasteiger partial charge < -0.3 is 10.1 Å². The van der Waals surface area contributed by atoms with Crippen LogP contribution in [-0.4, -0.2) is 35.7 Å². The first-order chi connectivity index (χ1) is 10.5. The third-order valence-electron chi connectivity index (χ3n) is 3.25. The molecule has 1 heterocycles. The predicted octanol–water partition coefficient (Wildman–Crippen LogP) is 1.43. The highest BCUT2D eigenvalue weighted by atomic mass is 16.5. The lowest BCUT2D eigenvalue weighted by Gasteiger charge is -2.13. The van der Waals surface area contributed by atoms with Crippen LogP contribution in [0.5, 0.6) is 0 Å². The van der Waals surface area contributed by atoms with Crippen molar-refractivity contribution < 1.29 is 9.53 Å². The van der Waals surface area contributed by atoms with Gasteiger partial charge in [-0.3, -0.25) is 14.2 Å². The number of methoxy groups -OCH3 is 1. The normalized spacial score (nSPS) is 11.1. The first-order valence-electron chi connectivity index (χ1n) is 7.31. The van der Waals surface area contributed by atoms with Gasteiger partial charge in [-0.1, -0.05) is 26.0 Å². The molecule has 0 aliphatic heterocycles. The largest absolute Gasteiger partial charge is 0.383 e. The van der Waals surface area contributed by atoms with Crippen LogP contribution in [0.2, 0.25) is 0 Å². The maximum absolute atomic E-state index is 12.6. The van der Waals surface area contributed by atoms with Crippen LogP contribution in [-0.2, 0) is 11.3 Å². The van der Waals surface area contributed by atoms with Crippen LogP contribution in [0.25, 0.3) is 10.9 Å². The molecule has 1 aromatic carbocycles. The lowest BCUT2D eigenvalue weighted by atomic mass is 10.2. The number of aromatic nitrogens is 2. The Kier molecular flexibility index (Phi) is 5.27. The summed E-state index contributed by atoms with van der Waals surface area (Å²) in [5.74, 6) is 0.109. The molecular weight excluding hydrogens is 282 g/mol. The predicted molar refractivity (Wildman–Crippen MR) is 85.1 cm³/mol. The van der Waals surface area contributed by atoms with Gasteiger partial charge in [0, 0.05) is 13.7 Å². The van der Waals surface area contributed by atoms with Crippen LogP contribution in [0.4, 0.5) is 0 Å². The fraction of sp³-hybridized carbons (Fsp3) is 0.438. The van der Waals surface area contributed by atoms with E-state index < -0.39 is 0 Å². The summed E-state index contributed by atoms with van der Waals surface area (Å²) in [6.07, 6.45) is 0. The highest BCUT2D eigenvalue weighted by Gasteiger charge is 2.17. The topological polar surface area (TPSA) is 73.2 Å². The number of carbonyl (C=O) groups is 1. The van der Waals surface area contributed by atoms with Crippen molar-refractivity contribution in [3.05, 3.63) is 40.4 Å². The zero-order valence-electron chi connectivity index (χ0n) is 13.1. The van der Waals surface area contributed by atoms with E-state index in [0.29, 0.717) is 30.0 Å². The molecule has 1 amide bonds. The van der Waals surface area contributed by atoms with Crippen LogP contribution in [0, 0.1) is 5.92 Å². The van der Waals surface area contributed by atoms with E-state index in [1.165, 1.54) is 4.57 Å². The van der Waals surface area contributed by atoms with Crippen molar-refractivity contribution in [2.75, 3.05) is 20.3 Å². The molecule has 0 aliphatic rings. The van der Waals surface area contributed by atoms with Gasteiger partial charge >= 0.3 is 0 Å². The van der Waals surface area contributed by atoms with E-state index >= 15 is 0 Å². The fourth-order valence-corrected chi connectivity index (χ4v) is 2.11. The Morgan fingerprint density at radius 1 is 1.36 bits per heavy atom. The second-order valence-corrected chi connectivity index (χ2v) is 5.51. The van der Waals surface area contributed by atoms with Crippen molar-refractivity contribution >= 4 is 16.8 Å². The molecule has 0 saturated carbocycles. The zero-order chi connectivity index (χ0) is 16.1. The summed E-state index contributed by atoms with van der Waals surface area (Å²) in [5.41, 5.74) is 0.299. The molecule has 1 aromatic heterocycles. The highest BCUT2D eigenvalue weighted by Crippen LogP contribution is 2.08. The Labute approximate surface area is 129 Å². The molecule has 22 heavy (non-hydrogen) atoms. The number of amides is 1. The molecule has 0 atom stereocenters. The molecule has 0 radical (unpaired) electrons. The minimum absolute atomic E-state index is 0.126. The number of rotatable bonds is 6. The molecule has 6 heteroatoms. The Balaban J connectivity index is 2.49. The first-order valence-corrected chi connectivity index (χ1v) is 7.31. The van der Waals surface area contributed by atoms with E-state index in [-0.39, 0.29) is 23.8 Å². The van der Waals surface area contributed by atoms with E-state index in [0.717, 1.165) is 0 Å². The maximum Gasteiger partial charge on any atom is 0.287 e. The van der Waals surface area contributed by atoms with Crippen molar-refractivity contribution in [3.8, 4) is 0 Å². The maximum atomic E-state index is 12.6. The third-order valence-corrected chi connectivity index (χ3v) is 3.25. The molecule has 2 rings (SSSR count). The Bertz CT molecular complexity index is 722. The van der Waals surface area contributed by atoms with Gasteiger partial charge in [-0.15, -0.1) is 0 Å². The number of carbonyl (C=O) groups excluding carboxylic acids is 1. The standard InChI is InChI=1S/C16H21N3O3/c1-11(2)10-17-15(20)14-18-13-7-5-4-6-12(13)16(21)19(14)8-9-22-3/h4-7,11H,8-10H2,1-3H3,(H,17,20). The molecule has 0 spiro atoms. The van der Waals surface area contributed by atoms with E-state index in [4.69, 9.17) is 4.74 Å². The Morgan fingerprint density at radius 3 is 2.77 bits per heavy atom. The number of nitrogens with zero attached hydrogens (tertiary/aromatic N) is 2. The van der Waals surface area contributed by atoms with E-state index in [2.05, 4.69) is 10.3 Å². The van der Waals surface area contributed by atoms with Crippen molar-refractivity contribution in [2.24, 2.45) is 5.92 Å².